The lowest BCUT2D eigenvalue weighted by molar-refractivity contribution is -0.135. The number of rotatable bonds is 2. The Balaban J connectivity index is 1.60. The first-order valence-corrected chi connectivity index (χ1v) is 8.29. The SMILES string of the molecule is Cc1nc2n(c1C)CCN(C(=O)C(C)n1cnc3ccccc31)C2. The quantitative estimate of drug-likeness (QED) is 0.728. The number of aryl methyl sites for hydroxylation is 1. The van der Waals surface area contributed by atoms with E-state index in [0.29, 0.717) is 6.54 Å². The van der Waals surface area contributed by atoms with Crippen LogP contribution in [0.4, 0.5) is 0 Å². The largest absolute Gasteiger partial charge is 0.332 e. The summed E-state index contributed by atoms with van der Waals surface area (Å²) in [6.45, 7) is 8.15. The van der Waals surface area contributed by atoms with Crippen LogP contribution in [0.15, 0.2) is 30.6 Å². The zero-order valence-electron chi connectivity index (χ0n) is 14.2. The van der Waals surface area contributed by atoms with Gasteiger partial charge in [0.1, 0.15) is 11.9 Å². The van der Waals surface area contributed by atoms with Crippen molar-refractivity contribution in [1.29, 1.82) is 0 Å². The van der Waals surface area contributed by atoms with Crippen molar-refractivity contribution < 1.29 is 4.79 Å². The summed E-state index contributed by atoms with van der Waals surface area (Å²) < 4.78 is 4.17. The van der Waals surface area contributed by atoms with Gasteiger partial charge >= 0.3 is 0 Å². The summed E-state index contributed by atoms with van der Waals surface area (Å²) in [5, 5.41) is 0. The van der Waals surface area contributed by atoms with Crippen LogP contribution in [0.5, 0.6) is 0 Å². The number of fused-ring (bicyclic) bond motifs is 2. The van der Waals surface area contributed by atoms with Gasteiger partial charge in [0.2, 0.25) is 5.91 Å². The molecule has 1 aliphatic heterocycles. The van der Waals surface area contributed by atoms with Gasteiger partial charge in [0.15, 0.2) is 0 Å². The number of carbonyl (C=O) groups is 1. The van der Waals surface area contributed by atoms with E-state index in [2.05, 4.69) is 21.5 Å². The van der Waals surface area contributed by atoms with E-state index in [4.69, 9.17) is 0 Å². The van der Waals surface area contributed by atoms with Gasteiger partial charge in [-0.15, -0.1) is 0 Å². The van der Waals surface area contributed by atoms with E-state index in [1.165, 1.54) is 5.69 Å². The first kappa shape index (κ1) is 14.9. The predicted molar refractivity (Wildman–Crippen MR) is 91.6 cm³/mol. The molecule has 1 unspecified atom stereocenters. The Morgan fingerprint density at radius 1 is 1.21 bits per heavy atom. The Kier molecular flexibility index (Phi) is 3.40. The fraction of sp³-hybridized carbons (Fsp3) is 0.389. The number of para-hydroxylation sites is 2. The molecular weight excluding hydrogens is 302 g/mol. The molecule has 0 bridgehead atoms. The van der Waals surface area contributed by atoms with Gasteiger partial charge in [-0.2, -0.15) is 0 Å². The highest BCUT2D eigenvalue weighted by molar-refractivity contribution is 5.83. The lowest BCUT2D eigenvalue weighted by atomic mass is 10.2. The molecule has 0 N–H and O–H groups in total. The Morgan fingerprint density at radius 2 is 2.00 bits per heavy atom. The highest BCUT2D eigenvalue weighted by Crippen LogP contribution is 2.22. The number of imidazole rings is 2. The van der Waals surface area contributed by atoms with Crippen LogP contribution < -0.4 is 0 Å². The first-order chi connectivity index (χ1) is 11.6. The molecule has 4 rings (SSSR count). The number of hydrogen-bond acceptors (Lipinski definition) is 3. The molecule has 124 valence electrons. The van der Waals surface area contributed by atoms with Crippen LogP contribution >= 0.6 is 0 Å². The van der Waals surface area contributed by atoms with Crippen LogP contribution in [0.2, 0.25) is 0 Å². The van der Waals surface area contributed by atoms with Crippen molar-refractivity contribution in [2.75, 3.05) is 6.54 Å². The Hall–Kier alpha value is -2.63. The summed E-state index contributed by atoms with van der Waals surface area (Å²) >= 11 is 0. The number of benzene rings is 1. The highest BCUT2D eigenvalue weighted by atomic mass is 16.2. The fourth-order valence-electron chi connectivity index (χ4n) is 3.47. The van der Waals surface area contributed by atoms with E-state index in [0.717, 1.165) is 35.6 Å². The average Bonchev–Trinajstić information content (AvgIpc) is 3.15. The molecule has 1 aliphatic rings. The molecule has 2 aromatic heterocycles. The maximum absolute atomic E-state index is 13.0. The molecule has 3 heterocycles. The molecule has 6 nitrogen and oxygen atoms in total. The molecule has 0 fully saturated rings. The third-order valence-electron chi connectivity index (χ3n) is 5.03. The fourth-order valence-corrected chi connectivity index (χ4v) is 3.47. The van der Waals surface area contributed by atoms with E-state index >= 15 is 0 Å². The molecule has 0 spiro atoms. The summed E-state index contributed by atoms with van der Waals surface area (Å²) in [7, 11) is 0. The van der Waals surface area contributed by atoms with Gasteiger partial charge in [-0.25, -0.2) is 9.97 Å². The molecule has 1 atom stereocenters. The lowest BCUT2D eigenvalue weighted by Gasteiger charge is -2.30. The van der Waals surface area contributed by atoms with Crippen LogP contribution in [0.25, 0.3) is 11.0 Å². The summed E-state index contributed by atoms with van der Waals surface area (Å²) in [6.07, 6.45) is 1.76. The first-order valence-electron chi connectivity index (χ1n) is 8.29. The molecule has 0 saturated carbocycles. The van der Waals surface area contributed by atoms with Crippen LogP contribution in [0.1, 0.15) is 30.2 Å². The highest BCUT2D eigenvalue weighted by Gasteiger charge is 2.28. The summed E-state index contributed by atoms with van der Waals surface area (Å²) in [6, 6.07) is 7.62. The standard InChI is InChI=1S/C18H21N5O/c1-12-13(2)22-9-8-21(10-17(22)20-12)18(24)14(3)23-11-19-15-6-4-5-7-16(15)23/h4-7,11,14H,8-10H2,1-3H3. The number of aromatic nitrogens is 4. The minimum Gasteiger partial charge on any atom is -0.332 e. The maximum Gasteiger partial charge on any atom is 0.245 e. The molecule has 24 heavy (non-hydrogen) atoms. The summed E-state index contributed by atoms with van der Waals surface area (Å²) in [5.74, 6) is 1.09. The van der Waals surface area contributed by atoms with E-state index in [-0.39, 0.29) is 11.9 Å². The van der Waals surface area contributed by atoms with Gasteiger partial charge in [-0.3, -0.25) is 4.79 Å². The van der Waals surface area contributed by atoms with Crippen LogP contribution in [-0.4, -0.2) is 36.5 Å². The number of carbonyl (C=O) groups excluding carboxylic acids is 1. The van der Waals surface area contributed by atoms with Gasteiger partial charge in [-0.1, -0.05) is 12.1 Å². The molecule has 6 heteroatoms. The second kappa shape index (κ2) is 5.47. The maximum atomic E-state index is 13.0. The van der Waals surface area contributed by atoms with Gasteiger partial charge in [-0.05, 0) is 32.9 Å². The van der Waals surface area contributed by atoms with Crippen molar-refractivity contribution in [2.45, 2.75) is 39.9 Å². The number of hydrogen-bond donors (Lipinski definition) is 0. The third kappa shape index (κ3) is 2.21. The summed E-state index contributed by atoms with van der Waals surface area (Å²) in [5.41, 5.74) is 4.15. The van der Waals surface area contributed by atoms with Gasteiger partial charge < -0.3 is 14.0 Å². The van der Waals surface area contributed by atoms with Crippen LogP contribution in [0, 0.1) is 13.8 Å². The van der Waals surface area contributed by atoms with Crippen LogP contribution in [0.3, 0.4) is 0 Å². The lowest BCUT2D eigenvalue weighted by Crippen LogP contribution is -2.41. The summed E-state index contributed by atoms with van der Waals surface area (Å²) in [4.78, 5) is 23.9. The van der Waals surface area contributed by atoms with Gasteiger partial charge in [0.05, 0.1) is 29.6 Å². The second-order valence-corrected chi connectivity index (χ2v) is 6.43. The number of amides is 1. The monoisotopic (exact) mass is 323 g/mol. The second-order valence-electron chi connectivity index (χ2n) is 6.43. The van der Waals surface area contributed by atoms with Crippen molar-refractivity contribution in [3.8, 4) is 0 Å². The minimum atomic E-state index is -0.277. The molecular formula is C18H21N5O. The van der Waals surface area contributed by atoms with E-state index in [1.807, 2.05) is 47.6 Å². The van der Waals surface area contributed by atoms with Crippen LogP contribution in [-0.2, 0) is 17.9 Å². The molecule has 1 amide bonds. The zero-order valence-corrected chi connectivity index (χ0v) is 14.2. The van der Waals surface area contributed by atoms with Gasteiger partial charge in [0, 0.05) is 18.8 Å². The molecule has 0 radical (unpaired) electrons. The Morgan fingerprint density at radius 3 is 2.83 bits per heavy atom. The smallest absolute Gasteiger partial charge is 0.245 e. The van der Waals surface area contributed by atoms with Crippen molar-refractivity contribution in [3.63, 3.8) is 0 Å². The van der Waals surface area contributed by atoms with Crippen molar-refractivity contribution >= 4 is 16.9 Å². The predicted octanol–water partition coefficient (Wildman–Crippen LogP) is 2.45. The molecule has 0 saturated heterocycles. The Labute approximate surface area is 140 Å². The normalized spacial score (nSPS) is 15.5. The zero-order chi connectivity index (χ0) is 16.8. The van der Waals surface area contributed by atoms with E-state index < -0.39 is 0 Å². The average molecular weight is 323 g/mol. The van der Waals surface area contributed by atoms with E-state index in [1.54, 1.807) is 6.33 Å². The minimum absolute atomic E-state index is 0.114. The Bertz CT molecular complexity index is 923. The van der Waals surface area contributed by atoms with Gasteiger partial charge in [0.25, 0.3) is 0 Å². The third-order valence-corrected chi connectivity index (χ3v) is 5.03. The van der Waals surface area contributed by atoms with E-state index in [9.17, 15) is 4.79 Å². The van der Waals surface area contributed by atoms with Crippen molar-refractivity contribution in [3.05, 3.63) is 47.8 Å². The molecule has 3 aromatic rings. The topological polar surface area (TPSA) is 56.0 Å². The molecule has 1 aromatic carbocycles. The van der Waals surface area contributed by atoms with Crippen molar-refractivity contribution in [1.82, 2.24) is 24.0 Å². The number of nitrogens with zero attached hydrogens (tertiary/aromatic N) is 5. The molecule has 0 aliphatic carbocycles. The van der Waals surface area contributed by atoms with Crippen molar-refractivity contribution in [2.24, 2.45) is 0 Å².